The zero-order valence-electron chi connectivity index (χ0n) is 7.44. The van der Waals surface area contributed by atoms with E-state index in [1.54, 1.807) is 6.07 Å². The van der Waals surface area contributed by atoms with Crippen molar-refractivity contribution in [1.82, 2.24) is 0 Å². The van der Waals surface area contributed by atoms with E-state index in [4.69, 9.17) is 0 Å². The van der Waals surface area contributed by atoms with Crippen LogP contribution in [0.1, 0.15) is 9.67 Å². The van der Waals surface area contributed by atoms with Crippen LogP contribution in [0.25, 0.3) is 9.75 Å². The average molecular weight is 244 g/mol. The van der Waals surface area contributed by atoms with E-state index in [0.29, 0.717) is 0 Å². The highest BCUT2D eigenvalue weighted by atomic mass is 32.1. The topological polar surface area (TPSA) is 17.1 Å². The maximum Gasteiger partial charge on any atom is 0.301 e. The Hall–Kier alpha value is -1.07. The molecule has 0 spiro atoms. The summed E-state index contributed by atoms with van der Waals surface area (Å²) < 4.78 is 24.3. The standard InChI is InChI=1S/C10H6F2OS2/c11-10(12)9(13)8-4-3-7(15-8)6-2-1-5-14-6/h1-5,10H. The first-order chi connectivity index (χ1) is 7.18. The molecule has 0 bridgehead atoms. The summed E-state index contributed by atoms with van der Waals surface area (Å²) >= 11 is 2.63. The van der Waals surface area contributed by atoms with E-state index < -0.39 is 12.2 Å². The minimum atomic E-state index is -2.92. The van der Waals surface area contributed by atoms with Crippen LogP contribution in [0.3, 0.4) is 0 Å². The summed E-state index contributed by atoms with van der Waals surface area (Å²) in [5.41, 5.74) is 0. The summed E-state index contributed by atoms with van der Waals surface area (Å²) in [5.74, 6) is -1.09. The van der Waals surface area contributed by atoms with Gasteiger partial charge in [0.2, 0.25) is 5.78 Å². The Balaban J connectivity index is 2.29. The van der Waals surface area contributed by atoms with Crippen molar-refractivity contribution in [2.45, 2.75) is 6.43 Å². The molecule has 0 saturated carbocycles. The van der Waals surface area contributed by atoms with Crippen LogP contribution in [0.5, 0.6) is 0 Å². The minimum absolute atomic E-state index is 0.119. The molecule has 0 atom stereocenters. The van der Waals surface area contributed by atoms with Crippen molar-refractivity contribution >= 4 is 28.5 Å². The van der Waals surface area contributed by atoms with Crippen molar-refractivity contribution in [3.63, 3.8) is 0 Å². The van der Waals surface area contributed by atoms with Crippen LogP contribution in [0.15, 0.2) is 29.6 Å². The number of Topliss-reactive ketones (excluding diaryl/α,β-unsaturated/α-hetero) is 1. The van der Waals surface area contributed by atoms with E-state index in [-0.39, 0.29) is 4.88 Å². The van der Waals surface area contributed by atoms with Gasteiger partial charge in [-0.2, -0.15) is 0 Å². The van der Waals surface area contributed by atoms with Crippen LogP contribution in [-0.4, -0.2) is 12.2 Å². The Bertz CT molecular complexity index is 459. The first-order valence-corrected chi connectivity index (χ1v) is 5.84. The average Bonchev–Trinajstić information content (AvgIpc) is 2.86. The number of alkyl halides is 2. The predicted octanol–water partition coefficient (Wildman–Crippen LogP) is 3.92. The van der Waals surface area contributed by atoms with Crippen molar-refractivity contribution in [3.05, 3.63) is 34.5 Å². The van der Waals surface area contributed by atoms with Crippen LogP contribution in [0.2, 0.25) is 0 Å². The summed E-state index contributed by atoms with van der Waals surface area (Å²) in [6, 6.07) is 6.93. The number of hydrogen-bond donors (Lipinski definition) is 0. The molecule has 5 heteroatoms. The molecule has 0 aliphatic rings. The molecule has 2 aromatic heterocycles. The molecular formula is C10H6F2OS2. The van der Waals surface area contributed by atoms with Crippen molar-refractivity contribution in [3.8, 4) is 9.75 Å². The largest absolute Gasteiger partial charge is 0.301 e. The first kappa shape index (κ1) is 10.4. The summed E-state index contributed by atoms with van der Waals surface area (Å²) in [6.45, 7) is 0. The van der Waals surface area contributed by atoms with Gasteiger partial charge < -0.3 is 0 Å². The number of rotatable bonds is 3. The van der Waals surface area contributed by atoms with E-state index in [2.05, 4.69) is 0 Å². The highest BCUT2D eigenvalue weighted by Gasteiger charge is 2.19. The number of hydrogen-bond acceptors (Lipinski definition) is 3. The lowest BCUT2D eigenvalue weighted by atomic mass is 10.3. The van der Waals surface area contributed by atoms with E-state index in [1.807, 2.05) is 17.5 Å². The fourth-order valence-corrected chi connectivity index (χ4v) is 2.91. The molecule has 0 aliphatic heterocycles. The van der Waals surface area contributed by atoms with Gasteiger partial charge in [0.15, 0.2) is 0 Å². The van der Waals surface area contributed by atoms with Crippen LogP contribution in [-0.2, 0) is 0 Å². The van der Waals surface area contributed by atoms with Gasteiger partial charge in [0.1, 0.15) is 0 Å². The third-order valence-electron chi connectivity index (χ3n) is 1.81. The smallest absolute Gasteiger partial charge is 0.287 e. The van der Waals surface area contributed by atoms with Crippen molar-refractivity contribution in [2.24, 2.45) is 0 Å². The third-order valence-corrected chi connectivity index (χ3v) is 3.98. The van der Waals surface area contributed by atoms with E-state index in [9.17, 15) is 13.6 Å². The molecule has 15 heavy (non-hydrogen) atoms. The molecule has 0 N–H and O–H groups in total. The highest BCUT2D eigenvalue weighted by molar-refractivity contribution is 7.22. The van der Waals surface area contributed by atoms with E-state index in [1.165, 1.54) is 17.4 Å². The monoisotopic (exact) mass is 244 g/mol. The van der Waals surface area contributed by atoms with E-state index >= 15 is 0 Å². The Kier molecular flexibility index (Phi) is 2.93. The molecule has 2 rings (SSSR count). The lowest BCUT2D eigenvalue weighted by molar-refractivity contribution is 0.0683. The van der Waals surface area contributed by atoms with Gasteiger partial charge in [0.25, 0.3) is 0 Å². The summed E-state index contributed by atoms with van der Waals surface area (Å²) in [6.07, 6.45) is -2.92. The number of thiophene rings is 2. The van der Waals surface area contributed by atoms with E-state index in [0.717, 1.165) is 21.1 Å². The van der Waals surface area contributed by atoms with Crippen LogP contribution in [0.4, 0.5) is 8.78 Å². The number of ketones is 1. The second-order valence-electron chi connectivity index (χ2n) is 2.81. The molecule has 0 amide bonds. The van der Waals surface area contributed by atoms with Crippen molar-refractivity contribution in [1.29, 1.82) is 0 Å². The Morgan fingerprint density at radius 2 is 2.00 bits per heavy atom. The van der Waals surface area contributed by atoms with Crippen LogP contribution >= 0.6 is 22.7 Å². The lowest BCUT2D eigenvalue weighted by Gasteiger charge is -1.93. The van der Waals surface area contributed by atoms with Gasteiger partial charge in [0, 0.05) is 9.75 Å². The maximum absolute atomic E-state index is 12.1. The molecule has 0 aromatic carbocycles. The minimum Gasteiger partial charge on any atom is -0.287 e. The van der Waals surface area contributed by atoms with Gasteiger partial charge in [0.05, 0.1) is 4.88 Å². The molecule has 0 aliphatic carbocycles. The molecule has 0 saturated heterocycles. The summed E-state index contributed by atoms with van der Waals surface area (Å²) in [7, 11) is 0. The molecule has 78 valence electrons. The number of carbonyl (C=O) groups is 1. The maximum atomic E-state index is 12.1. The van der Waals surface area contributed by atoms with Gasteiger partial charge in [-0.15, -0.1) is 22.7 Å². The third kappa shape index (κ3) is 2.13. The van der Waals surface area contributed by atoms with Crippen LogP contribution < -0.4 is 0 Å². The second-order valence-corrected chi connectivity index (χ2v) is 4.84. The fraction of sp³-hybridized carbons (Fsp3) is 0.100. The Morgan fingerprint density at radius 3 is 2.60 bits per heavy atom. The molecular weight excluding hydrogens is 238 g/mol. The highest BCUT2D eigenvalue weighted by Crippen LogP contribution is 2.32. The van der Waals surface area contributed by atoms with Gasteiger partial charge in [-0.05, 0) is 23.6 Å². The zero-order chi connectivity index (χ0) is 10.8. The number of carbonyl (C=O) groups excluding carboxylic acids is 1. The molecule has 1 nitrogen and oxygen atoms in total. The molecule has 0 radical (unpaired) electrons. The molecule has 0 unspecified atom stereocenters. The summed E-state index contributed by atoms with van der Waals surface area (Å²) in [4.78, 5) is 13.0. The Labute approximate surface area is 93.0 Å². The fourth-order valence-electron chi connectivity index (χ4n) is 1.13. The molecule has 2 heterocycles. The first-order valence-electron chi connectivity index (χ1n) is 4.14. The van der Waals surface area contributed by atoms with Crippen molar-refractivity contribution < 1.29 is 13.6 Å². The second kappa shape index (κ2) is 4.20. The predicted molar refractivity (Wildman–Crippen MR) is 58.0 cm³/mol. The normalized spacial score (nSPS) is 10.9. The van der Waals surface area contributed by atoms with Crippen molar-refractivity contribution in [2.75, 3.05) is 0 Å². The van der Waals surface area contributed by atoms with Gasteiger partial charge in [-0.1, -0.05) is 6.07 Å². The SMILES string of the molecule is O=C(c1ccc(-c2cccs2)s1)C(F)F. The summed E-state index contributed by atoms with van der Waals surface area (Å²) in [5, 5.41) is 1.91. The molecule has 0 fully saturated rings. The van der Waals surface area contributed by atoms with Gasteiger partial charge >= 0.3 is 6.43 Å². The van der Waals surface area contributed by atoms with Crippen LogP contribution in [0, 0.1) is 0 Å². The number of halogens is 2. The zero-order valence-corrected chi connectivity index (χ0v) is 9.08. The van der Waals surface area contributed by atoms with Gasteiger partial charge in [-0.25, -0.2) is 8.78 Å². The lowest BCUT2D eigenvalue weighted by Crippen LogP contribution is -2.07. The quantitative estimate of drug-likeness (QED) is 0.748. The molecule has 2 aromatic rings. The Morgan fingerprint density at radius 1 is 1.20 bits per heavy atom. The van der Waals surface area contributed by atoms with Gasteiger partial charge in [-0.3, -0.25) is 4.79 Å².